The number of nitrogens with zero attached hydrogens (tertiary/aromatic N) is 2. The van der Waals surface area contributed by atoms with Gasteiger partial charge in [0.1, 0.15) is 0 Å². The molecule has 4 nitrogen and oxygen atoms in total. The molecular weight excluding hydrogens is 214 g/mol. The molecule has 1 heterocycles. The van der Waals surface area contributed by atoms with Gasteiger partial charge < -0.3 is 14.6 Å². The highest BCUT2D eigenvalue weighted by atomic mass is 16.5. The molecule has 1 aliphatic rings. The molecule has 1 aliphatic carbocycles. The molecule has 0 unspecified atom stereocenters. The maximum Gasteiger partial charge on any atom is 0.202 e. The van der Waals surface area contributed by atoms with Crippen molar-refractivity contribution in [2.75, 3.05) is 18.5 Å². The standard InChI is InChI=1S/C13H23N3O/c1-2-16-10-8-14-13(16)15-9-11-17-12-6-4-3-5-7-12/h8,10,12H,2-7,9,11H2,1H3,(H,14,15). The number of hydrogen-bond acceptors (Lipinski definition) is 3. The summed E-state index contributed by atoms with van der Waals surface area (Å²) in [6.07, 6.45) is 10.8. The second kappa shape index (κ2) is 6.64. The van der Waals surface area contributed by atoms with Gasteiger partial charge in [-0.3, -0.25) is 0 Å². The highest BCUT2D eigenvalue weighted by Crippen LogP contribution is 2.19. The Labute approximate surface area is 103 Å². The number of aromatic nitrogens is 2. The first-order valence-electron chi connectivity index (χ1n) is 6.76. The number of rotatable bonds is 6. The zero-order valence-corrected chi connectivity index (χ0v) is 10.7. The van der Waals surface area contributed by atoms with E-state index in [4.69, 9.17) is 4.74 Å². The third-order valence-corrected chi connectivity index (χ3v) is 3.35. The van der Waals surface area contributed by atoms with Gasteiger partial charge in [-0.1, -0.05) is 19.3 Å². The Balaban J connectivity index is 1.62. The largest absolute Gasteiger partial charge is 0.376 e. The number of aryl methyl sites for hydroxylation is 1. The Morgan fingerprint density at radius 2 is 2.24 bits per heavy atom. The van der Waals surface area contributed by atoms with Gasteiger partial charge in [0.2, 0.25) is 5.95 Å². The van der Waals surface area contributed by atoms with Crippen molar-refractivity contribution < 1.29 is 4.74 Å². The molecule has 1 aromatic rings. The minimum absolute atomic E-state index is 0.497. The van der Waals surface area contributed by atoms with E-state index in [2.05, 4.69) is 21.8 Å². The molecule has 1 aromatic heterocycles. The number of imidazole rings is 1. The van der Waals surface area contributed by atoms with Crippen molar-refractivity contribution in [3.05, 3.63) is 12.4 Å². The monoisotopic (exact) mass is 237 g/mol. The van der Waals surface area contributed by atoms with Gasteiger partial charge in [-0.05, 0) is 19.8 Å². The quantitative estimate of drug-likeness (QED) is 0.773. The summed E-state index contributed by atoms with van der Waals surface area (Å²) in [5.41, 5.74) is 0. The van der Waals surface area contributed by atoms with Crippen LogP contribution in [-0.4, -0.2) is 28.8 Å². The van der Waals surface area contributed by atoms with Crippen LogP contribution < -0.4 is 5.32 Å². The van der Waals surface area contributed by atoms with E-state index < -0.39 is 0 Å². The molecule has 17 heavy (non-hydrogen) atoms. The summed E-state index contributed by atoms with van der Waals surface area (Å²) in [7, 11) is 0. The molecule has 4 heteroatoms. The maximum atomic E-state index is 5.86. The van der Waals surface area contributed by atoms with E-state index in [9.17, 15) is 0 Å². The van der Waals surface area contributed by atoms with E-state index in [1.54, 1.807) is 0 Å². The molecule has 0 saturated heterocycles. The zero-order valence-electron chi connectivity index (χ0n) is 10.7. The van der Waals surface area contributed by atoms with E-state index in [0.29, 0.717) is 6.10 Å². The number of anilines is 1. The van der Waals surface area contributed by atoms with Gasteiger partial charge in [-0.25, -0.2) is 4.98 Å². The van der Waals surface area contributed by atoms with Crippen LogP contribution in [0.15, 0.2) is 12.4 Å². The molecule has 0 atom stereocenters. The van der Waals surface area contributed by atoms with Crippen LogP contribution in [0.1, 0.15) is 39.0 Å². The second-order valence-electron chi connectivity index (χ2n) is 4.59. The first-order chi connectivity index (χ1) is 8.40. The molecule has 1 N–H and O–H groups in total. The van der Waals surface area contributed by atoms with Gasteiger partial charge in [-0.15, -0.1) is 0 Å². The molecule has 0 radical (unpaired) electrons. The van der Waals surface area contributed by atoms with Crippen LogP contribution in [-0.2, 0) is 11.3 Å². The highest BCUT2D eigenvalue weighted by Gasteiger charge is 2.13. The molecule has 2 rings (SSSR count). The first-order valence-corrected chi connectivity index (χ1v) is 6.76. The molecule has 1 fully saturated rings. The summed E-state index contributed by atoms with van der Waals surface area (Å²) in [5.74, 6) is 0.944. The summed E-state index contributed by atoms with van der Waals surface area (Å²) < 4.78 is 7.95. The lowest BCUT2D eigenvalue weighted by Gasteiger charge is -2.22. The Kier molecular flexibility index (Phi) is 4.86. The van der Waals surface area contributed by atoms with Crippen molar-refractivity contribution in [2.24, 2.45) is 0 Å². The smallest absolute Gasteiger partial charge is 0.202 e. The molecular formula is C13H23N3O. The molecule has 96 valence electrons. The maximum absolute atomic E-state index is 5.86. The van der Waals surface area contributed by atoms with E-state index in [0.717, 1.165) is 25.6 Å². The predicted octanol–water partition coefficient (Wildman–Crippen LogP) is 2.66. The normalized spacial score (nSPS) is 17.2. The van der Waals surface area contributed by atoms with Crippen LogP contribution in [0.3, 0.4) is 0 Å². The summed E-state index contributed by atoms with van der Waals surface area (Å²) in [6, 6.07) is 0. The first kappa shape index (κ1) is 12.4. The van der Waals surface area contributed by atoms with Gasteiger partial charge in [0.25, 0.3) is 0 Å². The number of nitrogens with one attached hydrogen (secondary N) is 1. The van der Waals surface area contributed by atoms with Crippen LogP contribution in [0.25, 0.3) is 0 Å². The minimum atomic E-state index is 0.497. The molecule has 0 spiro atoms. The van der Waals surface area contributed by atoms with Crippen LogP contribution in [0.4, 0.5) is 5.95 Å². The van der Waals surface area contributed by atoms with Crippen molar-refractivity contribution in [1.82, 2.24) is 9.55 Å². The summed E-state index contributed by atoms with van der Waals surface area (Å²) in [6.45, 7) is 4.69. The molecule has 1 saturated carbocycles. The van der Waals surface area contributed by atoms with Crippen LogP contribution in [0.2, 0.25) is 0 Å². The van der Waals surface area contributed by atoms with E-state index in [1.165, 1.54) is 32.1 Å². The molecule has 0 bridgehead atoms. The van der Waals surface area contributed by atoms with Crippen molar-refractivity contribution in [2.45, 2.75) is 51.7 Å². The summed E-state index contributed by atoms with van der Waals surface area (Å²) in [5, 5.41) is 3.31. The Hall–Kier alpha value is -1.03. The van der Waals surface area contributed by atoms with Crippen LogP contribution >= 0.6 is 0 Å². The van der Waals surface area contributed by atoms with Crippen molar-refractivity contribution >= 4 is 5.95 Å². The van der Waals surface area contributed by atoms with Gasteiger partial charge in [0.15, 0.2) is 0 Å². The Morgan fingerprint density at radius 3 is 3.00 bits per heavy atom. The second-order valence-corrected chi connectivity index (χ2v) is 4.59. The topological polar surface area (TPSA) is 39.1 Å². The van der Waals surface area contributed by atoms with Crippen LogP contribution in [0, 0.1) is 0 Å². The molecule has 0 aromatic carbocycles. The third-order valence-electron chi connectivity index (χ3n) is 3.35. The SMILES string of the molecule is CCn1ccnc1NCCOC1CCCCC1. The fourth-order valence-corrected chi connectivity index (χ4v) is 2.35. The van der Waals surface area contributed by atoms with E-state index in [-0.39, 0.29) is 0 Å². The third kappa shape index (κ3) is 3.73. The zero-order chi connectivity index (χ0) is 11.9. The van der Waals surface area contributed by atoms with Crippen LogP contribution in [0.5, 0.6) is 0 Å². The lowest BCUT2D eigenvalue weighted by atomic mass is 9.98. The van der Waals surface area contributed by atoms with Gasteiger partial charge in [0, 0.05) is 25.5 Å². The fourth-order valence-electron chi connectivity index (χ4n) is 2.35. The molecule has 0 aliphatic heterocycles. The summed E-state index contributed by atoms with van der Waals surface area (Å²) >= 11 is 0. The number of hydrogen-bond donors (Lipinski definition) is 1. The molecule has 0 amide bonds. The lowest BCUT2D eigenvalue weighted by molar-refractivity contribution is 0.0347. The Morgan fingerprint density at radius 1 is 1.41 bits per heavy atom. The average Bonchev–Trinajstić information content (AvgIpc) is 2.83. The highest BCUT2D eigenvalue weighted by molar-refractivity contribution is 5.25. The van der Waals surface area contributed by atoms with E-state index >= 15 is 0 Å². The van der Waals surface area contributed by atoms with Crippen molar-refractivity contribution in [3.63, 3.8) is 0 Å². The Bertz CT molecular complexity index is 318. The minimum Gasteiger partial charge on any atom is -0.376 e. The van der Waals surface area contributed by atoms with Gasteiger partial charge in [-0.2, -0.15) is 0 Å². The van der Waals surface area contributed by atoms with E-state index in [1.807, 2.05) is 12.4 Å². The fraction of sp³-hybridized carbons (Fsp3) is 0.769. The van der Waals surface area contributed by atoms with Gasteiger partial charge >= 0.3 is 0 Å². The lowest BCUT2D eigenvalue weighted by Crippen LogP contribution is -2.21. The number of ether oxygens (including phenoxy) is 1. The van der Waals surface area contributed by atoms with Crippen molar-refractivity contribution in [1.29, 1.82) is 0 Å². The predicted molar refractivity (Wildman–Crippen MR) is 69.2 cm³/mol. The van der Waals surface area contributed by atoms with Crippen molar-refractivity contribution in [3.8, 4) is 0 Å². The summed E-state index contributed by atoms with van der Waals surface area (Å²) in [4.78, 5) is 4.27. The average molecular weight is 237 g/mol. The van der Waals surface area contributed by atoms with Gasteiger partial charge in [0.05, 0.1) is 12.7 Å².